The molecular formula is C19H26FN2O+. The summed E-state index contributed by atoms with van der Waals surface area (Å²) in [4.78, 5) is 16.5. The zero-order valence-corrected chi connectivity index (χ0v) is 14.0. The van der Waals surface area contributed by atoms with E-state index in [1.807, 2.05) is 4.90 Å². The van der Waals surface area contributed by atoms with Crippen LogP contribution in [0.15, 0.2) is 36.0 Å². The van der Waals surface area contributed by atoms with Gasteiger partial charge in [-0.15, -0.1) is 0 Å². The van der Waals surface area contributed by atoms with Crippen LogP contribution in [-0.4, -0.2) is 36.5 Å². The topological polar surface area (TPSA) is 24.8 Å². The number of quaternary nitrogens is 1. The smallest absolute Gasteiger partial charge is 0.258 e. The minimum atomic E-state index is -0.304. The summed E-state index contributed by atoms with van der Waals surface area (Å²) < 4.78 is 13.1. The van der Waals surface area contributed by atoms with E-state index in [1.54, 1.807) is 17.0 Å². The summed E-state index contributed by atoms with van der Waals surface area (Å²) >= 11 is 0. The molecule has 1 fully saturated rings. The van der Waals surface area contributed by atoms with E-state index < -0.39 is 0 Å². The van der Waals surface area contributed by atoms with Crippen molar-refractivity contribution in [2.24, 2.45) is 0 Å². The lowest BCUT2D eigenvalue weighted by molar-refractivity contribution is -0.912. The van der Waals surface area contributed by atoms with Crippen molar-refractivity contribution in [1.82, 2.24) is 4.90 Å². The summed E-state index contributed by atoms with van der Waals surface area (Å²) in [5.74, 6) is -0.300. The first-order valence-electron chi connectivity index (χ1n) is 8.71. The number of rotatable bonds is 5. The Hall–Kier alpha value is -1.68. The summed E-state index contributed by atoms with van der Waals surface area (Å²) in [5.41, 5.74) is 1.74. The van der Waals surface area contributed by atoms with Crippen LogP contribution < -0.4 is 4.90 Å². The predicted octanol–water partition coefficient (Wildman–Crippen LogP) is 2.40. The Kier molecular flexibility index (Phi) is 4.81. The number of likely N-dealkylation sites (N-methyl/N-ethyl adjacent to an activating group) is 1. The van der Waals surface area contributed by atoms with Crippen molar-refractivity contribution in [2.45, 2.75) is 51.1 Å². The summed E-state index contributed by atoms with van der Waals surface area (Å²) in [7, 11) is 2.26. The number of fused-ring (bicyclic) bond motifs is 2. The third kappa shape index (κ3) is 3.32. The molecule has 3 rings (SSSR count). The van der Waals surface area contributed by atoms with Crippen molar-refractivity contribution < 1.29 is 14.1 Å². The Morgan fingerprint density at radius 2 is 2.04 bits per heavy atom. The fourth-order valence-corrected chi connectivity index (χ4v) is 3.81. The van der Waals surface area contributed by atoms with Crippen LogP contribution in [0.4, 0.5) is 4.39 Å². The zero-order valence-electron chi connectivity index (χ0n) is 14.0. The molecule has 23 heavy (non-hydrogen) atoms. The number of nitrogens with one attached hydrogen (secondary N) is 1. The molecule has 4 heteroatoms. The second-order valence-electron chi connectivity index (χ2n) is 6.80. The molecule has 124 valence electrons. The minimum Gasteiger partial charge on any atom is -0.329 e. The average Bonchev–Trinajstić information content (AvgIpc) is 2.76. The third-order valence-corrected chi connectivity index (χ3v) is 5.32. The molecule has 1 amide bonds. The van der Waals surface area contributed by atoms with Crippen LogP contribution in [0, 0.1) is 5.82 Å². The SMILES string of the molecule is CCCCN(C(=O)c1ccc(F)cc1)C1=C[C@@H]2CC[C@H](C1)[NH+]2C. The fraction of sp³-hybridized carbons (Fsp3) is 0.526. The van der Waals surface area contributed by atoms with Gasteiger partial charge in [-0.25, -0.2) is 4.39 Å². The van der Waals surface area contributed by atoms with Gasteiger partial charge in [0.1, 0.15) is 11.9 Å². The van der Waals surface area contributed by atoms with Gasteiger partial charge in [-0.3, -0.25) is 4.79 Å². The molecule has 1 saturated heterocycles. The molecule has 0 saturated carbocycles. The van der Waals surface area contributed by atoms with Crippen molar-refractivity contribution >= 4 is 5.91 Å². The second-order valence-corrected chi connectivity index (χ2v) is 6.80. The maximum atomic E-state index is 13.1. The Bertz CT molecular complexity index is 596. The minimum absolute atomic E-state index is 0.00338. The first-order valence-corrected chi connectivity index (χ1v) is 8.71. The molecule has 0 spiro atoms. The van der Waals surface area contributed by atoms with Crippen LogP contribution >= 0.6 is 0 Å². The van der Waals surface area contributed by atoms with Gasteiger partial charge in [0.05, 0.1) is 13.1 Å². The fourth-order valence-electron chi connectivity index (χ4n) is 3.81. The van der Waals surface area contributed by atoms with Crippen LogP contribution in [0.5, 0.6) is 0 Å². The highest BCUT2D eigenvalue weighted by Gasteiger charge is 2.39. The molecule has 0 radical (unpaired) electrons. The standard InChI is InChI=1S/C19H25FN2O/c1-3-4-11-22(19(23)14-5-7-15(20)8-6-14)18-12-16-9-10-17(13-18)21(16)2/h5-8,12,16-17H,3-4,9-11,13H2,1-2H3/p+1/t16-,17+/m0/s1. The molecule has 3 nitrogen and oxygen atoms in total. The molecule has 1 aromatic rings. The summed E-state index contributed by atoms with van der Waals surface area (Å²) in [6, 6.07) is 7.07. The first-order chi connectivity index (χ1) is 11.1. The van der Waals surface area contributed by atoms with E-state index in [4.69, 9.17) is 0 Å². The van der Waals surface area contributed by atoms with Crippen molar-refractivity contribution in [3.05, 3.63) is 47.4 Å². The normalized spacial score (nSPS) is 26.0. The lowest BCUT2D eigenvalue weighted by Crippen LogP contribution is -3.14. The molecule has 2 aliphatic heterocycles. The van der Waals surface area contributed by atoms with E-state index in [2.05, 4.69) is 20.0 Å². The van der Waals surface area contributed by atoms with Crippen LogP contribution in [0.25, 0.3) is 0 Å². The van der Waals surface area contributed by atoms with E-state index >= 15 is 0 Å². The van der Waals surface area contributed by atoms with Gasteiger partial charge in [0.2, 0.25) is 0 Å². The van der Waals surface area contributed by atoms with Crippen molar-refractivity contribution in [2.75, 3.05) is 13.6 Å². The molecule has 1 unspecified atom stereocenters. The summed E-state index contributed by atoms with van der Waals surface area (Å²) in [6.07, 6.45) is 7.77. The third-order valence-electron chi connectivity index (χ3n) is 5.32. The highest BCUT2D eigenvalue weighted by Crippen LogP contribution is 2.26. The van der Waals surface area contributed by atoms with Gasteiger partial charge in [-0.05, 0) is 36.8 Å². The average molecular weight is 317 g/mol. The van der Waals surface area contributed by atoms with Crippen LogP contribution in [0.2, 0.25) is 0 Å². The number of hydrogen-bond donors (Lipinski definition) is 1. The molecule has 2 heterocycles. The van der Waals surface area contributed by atoms with Crippen molar-refractivity contribution in [1.29, 1.82) is 0 Å². The second kappa shape index (κ2) is 6.83. The van der Waals surface area contributed by atoms with E-state index in [1.165, 1.54) is 30.7 Å². The van der Waals surface area contributed by atoms with Crippen molar-refractivity contribution in [3.8, 4) is 0 Å². The largest absolute Gasteiger partial charge is 0.329 e. The van der Waals surface area contributed by atoms with Gasteiger partial charge in [0.25, 0.3) is 5.91 Å². The molecule has 0 aliphatic carbocycles. The predicted molar refractivity (Wildman–Crippen MR) is 88.7 cm³/mol. The van der Waals surface area contributed by atoms with Crippen molar-refractivity contribution in [3.63, 3.8) is 0 Å². The number of carbonyl (C=O) groups is 1. The Morgan fingerprint density at radius 1 is 1.30 bits per heavy atom. The van der Waals surface area contributed by atoms with Crippen LogP contribution in [0.1, 0.15) is 49.4 Å². The molecular weight excluding hydrogens is 291 g/mol. The highest BCUT2D eigenvalue weighted by molar-refractivity contribution is 5.95. The molecule has 1 aromatic carbocycles. The Balaban J connectivity index is 1.84. The molecule has 2 aliphatic rings. The maximum absolute atomic E-state index is 13.1. The Morgan fingerprint density at radius 3 is 2.70 bits per heavy atom. The summed E-state index contributed by atoms with van der Waals surface area (Å²) in [5, 5.41) is 0. The van der Waals surface area contributed by atoms with E-state index in [-0.39, 0.29) is 11.7 Å². The molecule has 0 aromatic heterocycles. The quantitative estimate of drug-likeness (QED) is 0.886. The number of unbranched alkanes of at least 4 members (excludes halogenated alkanes) is 1. The van der Waals surface area contributed by atoms with Gasteiger partial charge >= 0.3 is 0 Å². The highest BCUT2D eigenvalue weighted by atomic mass is 19.1. The molecule has 3 atom stereocenters. The number of amides is 1. The van der Waals surface area contributed by atoms with Crippen LogP contribution in [0.3, 0.4) is 0 Å². The lowest BCUT2D eigenvalue weighted by Gasteiger charge is -2.33. The maximum Gasteiger partial charge on any atom is 0.258 e. The van der Waals surface area contributed by atoms with Crippen LogP contribution in [-0.2, 0) is 0 Å². The zero-order chi connectivity index (χ0) is 16.4. The number of nitrogens with zero attached hydrogens (tertiary/aromatic N) is 1. The number of hydrogen-bond acceptors (Lipinski definition) is 1. The van der Waals surface area contributed by atoms with E-state index in [9.17, 15) is 9.18 Å². The number of halogens is 1. The van der Waals surface area contributed by atoms with Gasteiger partial charge in [0.15, 0.2) is 0 Å². The van der Waals surface area contributed by atoms with Gasteiger partial charge in [-0.1, -0.05) is 13.3 Å². The molecule has 1 N–H and O–H groups in total. The van der Waals surface area contributed by atoms with E-state index in [0.29, 0.717) is 17.6 Å². The monoisotopic (exact) mass is 317 g/mol. The lowest BCUT2D eigenvalue weighted by atomic mass is 10.0. The van der Waals surface area contributed by atoms with Gasteiger partial charge < -0.3 is 9.80 Å². The first kappa shape index (κ1) is 16.2. The number of carbonyl (C=O) groups excluding carboxylic acids is 1. The Labute approximate surface area is 137 Å². The number of benzene rings is 1. The van der Waals surface area contributed by atoms with E-state index in [0.717, 1.165) is 25.8 Å². The summed E-state index contributed by atoms with van der Waals surface area (Å²) in [6.45, 7) is 2.88. The van der Waals surface area contributed by atoms with Gasteiger partial charge in [-0.2, -0.15) is 0 Å². The molecule has 2 bridgehead atoms. The van der Waals surface area contributed by atoms with Gasteiger partial charge in [0, 0.05) is 37.1 Å².